The van der Waals surface area contributed by atoms with E-state index in [0.717, 1.165) is 48.3 Å². The number of hydrogen-bond donors (Lipinski definition) is 1. The first-order valence-corrected chi connectivity index (χ1v) is 11.4. The minimum absolute atomic E-state index is 0.0609. The predicted octanol–water partition coefficient (Wildman–Crippen LogP) is 6.26. The molecular formula is C24H41O. The molecule has 25 heavy (non-hydrogen) atoms. The van der Waals surface area contributed by atoms with Gasteiger partial charge in [-0.1, -0.05) is 40.5 Å². The monoisotopic (exact) mass is 345 g/mol. The summed E-state index contributed by atoms with van der Waals surface area (Å²) < 4.78 is 0. The number of hydrogen-bond acceptors (Lipinski definition) is 1. The minimum atomic E-state index is -0.0609. The van der Waals surface area contributed by atoms with E-state index in [0.29, 0.717) is 10.8 Å². The fourth-order valence-corrected chi connectivity index (χ4v) is 8.61. The van der Waals surface area contributed by atoms with Crippen LogP contribution in [0.2, 0.25) is 0 Å². The second-order valence-electron chi connectivity index (χ2n) is 10.8. The van der Waals surface area contributed by atoms with Gasteiger partial charge in [-0.2, -0.15) is 0 Å². The van der Waals surface area contributed by atoms with E-state index in [-0.39, 0.29) is 6.10 Å². The second kappa shape index (κ2) is 6.54. The standard InChI is InChI=1S/C24H41O/c1-5-6-16(2)20-9-10-21-19-8-7-17-15-18(25)11-13-23(17,3)22(19)12-14-24(20,21)4/h13,16-22,25H,5-12,14-15H2,1-4H3/t16-,17?,18?,19+,20-,21+,22+,23+,24-/m1/s1. The first kappa shape index (κ1) is 18.3. The Morgan fingerprint density at radius 2 is 1.88 bits per heavy atom. The number of aliphatic hydroxyl groups is 1. The van der Waals surface area contributed by atoms with E-state index in [2.05, 4.69) is 34.1 Å². The Bertz CT molecular complexity index is 486. The molecule has 4 rings (SSSR count). The number of fused-ring (bicyclic) bond motifs is 5. The smallest absolute Gasteiger partial charge is 0.0546 e. The maximum Gasteiger partial charge on any atom is 0.0546 e. The van der Waals surface area contributed by atoms with Crippen LogP contribution in [0.15, 0.2) is 0 Å². The Hall–Kier alpha value is -0.0400. The van der Waals surface area contributed by atoms with Crippen molar-refractivity contribution >= 4 is 0 Å². The van der Waals surface area contributed by atoms with Gasteiger partial charge >= 0.3 is 0 Å². The van der Waals surface area contributed by atoms with Crippen LogP contribution in [0, 0.1) is 52.8 Å². The van der Waals surface area contributed by atoms with E-state index < -0.39 is 0 Å². The quantitative estimate of drug-likeness (QED) is 0.640. The van der Waals surface area contributed by atoms with E-state index in [4.69, 9.17) is 0 Å². The summed E-state index contributed by atoms with van der Waals surface area (Å²) in [6.45, 7) is 10.1. The highest BCUT2D eigenvalue weighted by molar-refractivity contribution is 5.13. The molecule has 4 aliphatic rings. The van der Waals surface area contributed by atoms with E-state index in [1.807, 2.05) is 0 Å². The SMILES string of the molecule is CCC[C@@H](C)[C@H]1CC[C@H]2[C@@H]3CCC4CC(O)C[CH][C@]4(C)[C@H]3CC[C@]12C. The molecule has 0 bridgehead atoms. The first-order valence-electron chi connectivity index (χ1n) is 11.4. The maximum atomic E-state index is 10.2. The highest BCUT2D eigenvalue weighted by Crippen LogP contribution is 2.68. The van der Waals surface area contributed by atoms with Crippen LogP contribution >= 0.6 is 0 Å². The molecule has 4 fully saturated rings. The molecule has 0 heterocycles. The summed E-state index contributed by atoms with van der Waals surface area (Å²) in [5, 5.41) is 10.2. The molecular weight excluding hydrogens is 304 g/mol. The van der Waals surface area contributed by atoms with Gasteiger partial charge in [-0.15, -0.1) is 0 Å². The van der Waals surface area contributed by atoms with Crippen LogP contribution in [-0.4, -0.2) is 11.2 Å². The van der Waals surface area contributed by atoms with Crippen LogP contribution < -0.4 is 0 Å². The highest BCUT2D eigenvalue weighted by atomic mass is 16.3. The molecule has 4 saturated carbocycles. The predicted molar refractivity (Wildman–Crippen MR) is 105 cm³/mol. The second-order valence-corrected chi connectivity index (χ2v) is 10.8. The van der Waals surface area contributed by atoms with E-state index in [9.17, 15) is 5.11 Å². The van der Waals surface area contributed by atoms with Gasteiger partial charge in [-0.3, -0.25) is 0 Å². The summed E-state index contributed by atoms with van der Waals surface area (Å²) in [5.74, 6) is 5.48. The van der Waals surface area contributed by atoms with E-state index in [1.54, 1.807) is 0 Å². The Morgan fingerprint density at radius 3 is 2.64 bits per heavy atom. The first-order chi connectivity index (χ1) is 11.9. The number of aliphatic hydroxyl groups excluding tert-OH is 1. The molecule has 0 aliphatic heterocycles. The molecule has 0 saturated heterocycles. The van der Waals surface area contributed by atoms with Crippen molar-refractivity contribution in [3.63, 3.8) is 0 Å². The third-order valence-corrected chi connectivity index (χ3v) is 9.85. The normalized spacial score (nSPS) is 53.6. The molecule has 0 amide bonds. The molecule has 143 valence electrons. The lowest BCUT2D eigenvalue weighted by molar-refractivity contribution is -0.107. The highest BCUT2D eigenvalue weighted by Gasteiger charge is 2.60. The van der Waals surface area contributed by atoms with Gasteiger partial charge in [-0.05, 0) is 104 Å². The Labute approximate surface area is 156 Å². The van der Waals surface area contributed by atoms with Crippen LogP contribution in [0.1, 0.15) is 91.9 Å². The topological polar surface area (TPSA) is 20.2 Å². The molecule has 2 unspecified atom stereocenters. The van der Waals surface area contributed by atoms with Crippen molar-refractivity contribution in [1.82, 2.24) is 0 Å². The molecule has 1 nitrogen and oxygen atoms in total. The summed E-state index contributed by atoms with van der Waals surface area (Å²) in [7, 11) is 0. The van der Waals surface area contributed by atoms with Gasteiger partial charge in [0.1, 0.15) is 0 Å². The van der Waals surface area contributed by atoms with Crippen LogP contribution in [0.3, 0.4) is 0 Å². The van der Waals surface area contributed by atoms with Crippen molar-refractivity contribution in [2.24, 2.45) is 46.3 Å². The molecule has 0 aromatic heterocycles. The molecule has 9 atom stereocenters. The lowest BCUT2D eigenvalue weighted by Crippen LogP contribution is -2.54. The van der Waals surface area contributed by atoms with Gasteiger partial charge in [0.2, 0.25) is 0 Å². The number of rotatable bonds is 3. The van der Waals surface area contributed by atoms with Crippen LogP contribution in [0.5, 0.6) is 0 Å². The Morgan fingerprint density at radius 1 is 1.08 bits per heavy atom. The van der Waals surface area contributed by atoms with Crippen LogP contribution in [0.25, 0.3) is 0 Å². The van der Waals surface area contributed by atoms with Crippen molar-refractivity contribution in [3.05, 3.63) is 6.42 Å². The summed E-state index contributed by atoms with van der Waals surface area (Å²) in [5.41, 5.74) is 1.03. The van der Waals surface area contributed by atoms with Crippen molar-refractivity contribution < 1.29 is 5.11 Å². The largest absolute Gasteiger partial charge is 0.393 e. The average molecular weight is 346 g/mol. The summed E-state index contributed by atoms with van der Waals surface area (Å²) in [6, 6.07) is 0. The summed E-state index contributed by atoms with van der Waals surface area (Å²) in [6.07, 6.45) is 16.0. The van der Waals surface area contributed by atoms with E-state index in [1.165, 1.54) is 51.4 Å². The zero-order valence-corrected chi connectivity index (χ0v) is 17.1. The van der Waals surface area contributed by atoms with Gasteiger partial charge in [0.05, 0.1) is 6.10 Å². The minimum Gasteiger partial charge on any atom is -0.393 e. The van der Waals surface area contributed by atoms with Gasteiger partial charge < -0.3 is 5.11 Å². The zero-order valence-electron chi connectivity index (χ0n) is 17.1. The van der Waals surface area contributed by atoms with Crippen molar-refractivity contribution in [2.75, 3.05) is 0 Å². The fraction of sp³-hybridized carbons (Fsp3) is 0.958. The van der Waals surface area contributed by atoms with Crippen LogP contribution in [0.4, 0.5) is 0 Å². The summed E-state index contributed by atoms with van der Waals surface area (Å²) >= 11 is 0. The molecule has 1 N–H and O–H groups in total. The zero-order chi connectivity index (χ0) is 17.8. The van der Waals surface area contributed by atoms with E-state index >= 15 is 0 Å². The lowest BCUT2D eigenvalue weighted by atomic mass is 9.44. The third-order valence-electron chi connectivity index (χ3n) is 9.85. The molecule has 4 aliphatic carbocycles. The molecule has 0 spiro atoms. The summed E-state index contributed by atoms with van der Waals surface area (Å²) in [4.78, 5) is 0. The Balaban J connectivity index is 1.56. The van der Waals surface area contributed by atoms with Gasteiger partial charge in [0, 0.05) is 0 Å². The lowest BCUT2D eigenvalue weighted by Gasteiger charge is -2.61. The van der Waals surface area contributed by atoms with Gasteiger partial charge in [0.25, 0.3) is 0 Å². The molecule has 1 radical (unpaired) electrons. The van der Waals surface area contributed by atoms with Crippen molar-refractivity contribution in [3.8, 4) is 0 Å². The Kier molecular flexibility index (Phi) is 4.79. The van der Waals surface area contributed by atoms with Crippen molar-refractivity contribution in [2.45, 2.75) is 98.0 Å². The maximum absolute atomic E-state index is 10.2. The molecule has 0 aromatic carbocycles. The average Bonchev–Trinajstić information content (AvgIpc) is 2.93. The molecule has 0 aromatic rings. The van der Waals surface area contributed by atoms with Crippen molar-refractivity contribution in [1.29, 1.82) is 0 Å². The molecule has 1 heteroatoms. The fourth-order valence-electron chi connectivity index (χ4n) is 8.61. The van der Waals surface area contributed by atoms with Gasteiger partial charge in [0.15, 0.2) is 0 Å². The van der Waals surface area contributed by atoms with Crippen LogP contribution in [-0.2, 0) is 0 Å². The van der Waals surface area contributed by atoms with Gasteiger partial charge in [-0.25, -0.2) is 0 Å². The third kappa shape index (κ3) is 2.74.